The topological polar surface area (TPSA) is 91.1 Å². The Kier molecular flexibility index (Phi) is 5.28. The van der Waals surface area contributed by atoms with E-state index < -0.39 is 11.2 Å². The molecule has 1 aromatic rings. The molecule has 0 radical (unpaired) electrons. The third kappa shape index (κ3) is 4.88. The van der Waals surface area contributed by atoms with Gasteiger partial charge in [-0.1, -0.05) is 48.2 Å². The quantitative estimate of drug-likeness (QED) is 0.640. The molecule has 1 heterocycles. The Labute approximate surface area is 125 Å². The van der Waals surface area contributed by atoms with E-state index in [1.807, 2.05) is 36.4 Å². The fourth-order valence-corrected chi connectivity index (χ4v) is 2.50. The zero-order chi connectivity index (χ0) is 15.1. The van der Waals surface area contributed by atoms with E-state index in [2.05, 4.69) is 15.5 Å². The van der Waals surface area contributed by atoms with Gasteiger partial charge in [0.25, 0.3) is 0 Å². The lowest BCUT2D eigenvalue weighted by molar-refractivity contribution is -0.138. The van der Waals surface area contributed by atoms with E-state index in [1.165, 1.54) is 6.21 Å². The van der Waals surface area contributed by atoms with Crippen molar-refractivity contribution >= 4 is 41.1 Å². The monoisotopic (exact) mass is 303 g/mol. The fourth-order valence-electron chi connectivity index (χ4n) is 1.59. The Morgan fingerprint density at radius 2 is 2.14 bits per heavy atom. The zero-order valence-corrected chi connectivity index (χ0v) is 11.8. The number of carbonyl (C=O) groups excluding carboxylic acids is 1. The lowest BCUT2D eigenvalue weighted by Gasteiger charge is -1.97. The normalized spacial score (nSPS) is 20.5. The fraction of sp³-hybridized carbons (Fsp3) is 0.143. The van der Waals surface area contributed by atoms with Gasteiger partial charge >= 0.3 is 5.97 Å². The number of carboxylic acids is 1. The number of carbonyl (C=O) groups is 2. The van der Waals surface area contributed by atoms with Gasteiger partial charge in [-0.2, -0.15) is 5.10 Å². The van der Waals surface area contributed by atoms with Gasteiger partial charge in [-0.15, -0.1) is 5.10 Å². The largest absolute Gasteiger partial charge is 0.481 e. The number of amidine groups is 1. The highest BCUT2D eigenvalue weighted by Gasteiger charge is 2.32. The molecule has 0 saturated carbocycles. The Morgan fingerprint density at radius 3 is 2.86 bits per heavy atom. The molecule has 6 nitrogen and oxygen atoms in total. The molecule has 1 saturated heterocycles. The van der Waals surface area contributed by atoms with Gasteiger partial charge in [-0.05, 0) is 11.6 Å². The maximum atomic E-state index is 11.5. The van der Waals surface area contributed by atoms with Crippen molar-refractivity contribution in [2.75, 3.05) is 0 Å². The van der Waals surface area contributed by atoms with E-state index in [4.69, 9.17) is 5.11 Å². The van der Waals surface area contributed by atoms with Gasteiger partial charge < -0.3 is 10.4 Å². The number of aliphatic carboxylic acids is 1. The summed E-state index contributed by atoms with van der Waals surface area (Å²) >= 11 is 1.07. The van der Waals surface area contributed by atoms with Crippen molar-refractivity contribution in [2.24, 2.45) is 10.2 Å². The second-order valence-electron chi connectivity index (χ2n) is 4.13. The molecule has 0 unspecified atom stereocenters. The molecule has 1 fully saturated rings. The van der Waals surface area contributed by atoms with Crippen molar-refractivity contribution in [3.05, 3.63) is 42.0 Å². The molecule has 1 atom stereocenters. The minimum absolute atomic E-state index is 0.229. The number of hydrogen-bond donors (Lipinski definition) is 2. The van der Waals surface area contributed by atoms with Crippen LogP contribution in [0.15, 0.2) is 46.6 Å². The van der Waals surface area contributed by atoms with Crippen LogP contribution in [0.2, 0.25) is 0 Å². The molecule has 1 aromatic carbocycles. The van der Waals surface area contributed by atoms with Gasteiger partial charge in [-0.3, -0.25) is 9.59 Å². The van der Waals surface area contributed by atoms with E-state index >= 15 is 0 Å². The van der Waals surface area contributed by atoms with Crippen LogP contribution in [0.4, 0.5) is 0 Å². The highest BCUT2D eigenvalue weighted by Crippen LogP contribution is 2.22. The molecule has 1 aliphatic heterocycles. The highest BCUT2D eigenvalue weighted by molar-refractivity contribution is 8.15. The molecule has 2 N–H and O–H groups in total. The second-order valence-corrected chi connectivity index (χ2v) is 5.32. The van der Waals surface area contributed by atoms with Crippen molar-refractivity contribution in [3.63, 3.8) is 0 Å². The third-order valence-electron chi connectivity index (χ3n) is 2.53. The molecule has 1 aliphatic rings. The molecular weight excluding hydrogens is 290 g/mol. The highest BCUT2D eigenvalue weighted by atomic mass is 32.2. The van der Waals surface area contributed by atoms with Crippen LogP contribution in [-0.4, -0.2) is 33.6 Å². The van der Waals surface area contributed by atoms with Crippen LogP contribution in [0.5, 0.6) is 0 Å². The zero-order valence-electron chi connectivity index (χ0n) is 11.0. The van der Waals surface area contributed by atoms with E-state index in [1.54, 1.807) is 6.08 Å². The number of hydrogen-bond acceptors (Lipinski definition) is 5. The van der Waals surface area contributed by atoms with Gasteiger partial charge in [-0.25, -0.2) is 0 Å². The van der Waals surface area contributed by atoms with Crippen molar-refractivity contribution in [1.82, 2.24) is 5.32 Å². The molecular formula is C14H13N3O3S. The smallest absolute Gasteiger partial charge is 0.305 e. The molecule has 1 amide bonds. The first-order valence-electron chi connectivity index (χ1n) is 6.17. The summed E-state index contributed by atoms with van der Waals surface area (Å²) in [4.78, 5) is 22.0. The van der Waals surface area contributed by atoms with Crippen LogP contribution in [0, 0.1) is 0 Å². The number of nitrogens with one attached hydrogen (secondary N) is 1. The first-order valence-corrected chi connectivity index (χ1v) is 7.05. The van der Waals surface area contributed by atoms with Crippen LogP contribution in [-0.2, 0) is 9.59 Å². The van der Waals surface area contributed by atoms with Crippen LogP contribution >= 0.6 is 11.8 Å². The number of allylic oxidation sites excluding steroid dienone is 1. The average Bonchev–Trinajstić information content (AvgIpc) is 2.79. The summed E-state index contributed by atoms with van der Waals surface area (Å²) in [7, 11) is 0. The Morgan fingerprint density at radius 1 is 1.38 bits per heavy atom. The number of amides is 1. The van der Waals surface area contributed by atoms with Gasteiger partial charge in [0.1, 0.15) is 5.25 Å². The van der Waals surface area contributed by atoms with E-state index in [0.29, 0.717) is 5.17 Å². The SMILES string of the molecule is O=C(O)C[C@H]1SC(=NN=C/C=C/c2ccccc2)NC1=O. The molecule has 2 rings (SSSR count). The lowest BCUT2D eigenvalue weighted by Crippen LogP contribution is -2.26. The molecule has 0 spiro atoms. The van der Waals surface area contributed by atoms with Gasteiger partial charge in [0.15, 0.2) is 5.17 Å². The summed E-state index contributed by atoms with van der Waals surface area (Å²) in [6, 6.07) is 9.72. The van der Waals surface area contributed by atoms with E-state index in [-0.39, 0.29) is 12.3 Å². The third-order valence-corrected chi connectivity index (χ3v) is 3.60. The maximum Gasteiger partial charge on any atom is 0.305 e. The summed E-state index contributed by atoms with van der Waals surface area (Å²) in [5, 5.41) is 18.5. The Balaban J connectivity index is 1.87. The van der Waals surface area contributed by atoms with E-state index in [0.717, 1.165) is 17.3 Å². The Hall–Kier alpha value is -2.41. The summed E-state index contributed by atoms with van der Waals surface area (Å²) in [5.41, 5.74) is 1.04. The van der Waals surface area contributed by atoms with Crippen LogP contribution in [0.1, 0.15) is 12.0 Å². The summed E-state index contributed by atoms with van der Waals surface area (Å²) in [6.45, 7) is 0. The van der Waals surface area contributed by atoms with Crippen molar-refractivity contribution in [1.29, 1.82) is 0 Å². The van der Waals surface area contributed by atoms with Crippen LogP contribution in [0.25, 0.3) is 6.08 Å². The first-order chi connectivity index (χ1) is 10.1. The summed E-state index contributed by atoms with van der Waals surface area (Å²) in [6.07, 6.45) is 4.87. The minimum Gasteiger partial charge on any atom is -0.481 e. The molecule has 7 heteroatoms. The number of rotatable bonds is 5. The van der Waals surface area contributed by atoms with Crippen LogP contribution < -0.4 is 5.32 Å². The Bertz CT molecular complexity index is 611. The number of carboxylic acid groups (broad SMARTS) is 1. The van der Waals surface area contributed by atoms with Gasteiger partial charge in [0.05, 0.1) is 6.42 Å². The summed E-state index contributed by atoms with van der Waals surface area (Å²) < 4.78 is 0. The summed E-state index contributed by atoms with van der Waals surface area (Å²) in [5.74, 6) is -1.37. The standard InChI is InChI=1S/C14H13N3O3S/c18-12(19)9-11-13(20)16-14(21-11)17-15-8-4-7-10-5-2-1-3-6-10/h1-8,11H,9H2,(H,18,19)(H,16,17,20)/b7-4+,15-8?/t11-/m1/s1. The van der Waals surface area contributed by atoms with Crippen molar-refractivity contribution in [3.8, 4) is 0 Å². The lowest BCUT2D eigenvalue weighted by atomic mass is 10.2. The number of thioether (sulfide) groups is 1. The molecule has 21 heavy (non-hydrogen) atoms. The first kappa shape index (κ1) is 15.0. The van der Waals surface area contributed by atoms with E-state index in [9.17, 15) is 9.59 Å². The molecule has 0 aliphatic carbocycles. The molecule has 108 valence electrons. The molecule has 0 bridgehead atoms. The van der Waals surface area contributed by atoms with Gasteiger partial charge in [0.2, 0.25) is 5.91 Å². The predicted octanol–water partition coefficient (Wildman–Crippen LogP) is 1.75. The van der Waals surface area contributed by atoms with Crippen LogP contribution in [0.3, 0.4) is 0 Å². The second kappa shape index (κ2) is 7.39. The number of benzene rings is 1. The average molecular weight is 303 g/mol. The number of nitrogens with zero attached hydrogens (tertiary/aromatic N) is 2. The predicted molar refractivity (Wildman–Crippen MR) is 83.2 cm³/mol. The maximum absolute atomic E-state index is 11.5. The molecule has 0 aromatic heterocycles. The minimum atomic E-state index is -1.02. The van der Waals surface area contributed by atoms with Gasteiger partial charge in [0, 0.05) is 6.21 Å². The van der Waals surface area contributed by atoms with Crippen molar-refractivity contribution < 1.29 is 14.7 Å². The van der Waals surface area contributed by atoms with Crippen molar-refractivity contribution in [2.45, 2.75) is 11.7 Å².